The van der Waals surface area contributed by atoms with Gasteiger partial charge in [0.15, 0.2) is 11.1 Å². The number of fused-ring (bicyclic) bond motifs is 1. The fourth-order valence-corrected chi connectivity index (χ4v) is 3.95. The Hall–Kier alpha value is -1.21. The van der Waals surface area contributed by atoms with Crippen LogP contribution in [0, 0.1) is 0 Å². The Kier molecular flexibility index (Phi) is 4.40. The largest absolute Gasteiger partial charge is 0.396 e. The molecule has 0 aliphatic carbocycles. The standard InChI is InChI=1S/C15H20N2O3S/c18-8-5-12-10-16-14-4-3-11(9-13(12)14)15(21(19)20)17-6-1-2-7-17/h3-4,9-10,15-16,18H,1-2,5-8H2,(H,19,20). The predicted octanol–water partition coefficient (Wildman–Crippen LogP) is 2.02. The maximum atomic E-state index is 11.8. The smallest absolute Gasteiger partial charge is 0.175 e. The highest BCUT2D eigenvalue weighted by Gasteiger charge is 2.28. The number of H-pyrrole nitrogens is 1. The van der Waals surface area contributed by atoms with E-state index in [9.17, 15) is 8.76 Å². The normalized spacial score (nSPS) is 19.1. The molecule has 1 aliphatic rings. The van der Waals surface area contributed by atoms with Crippen molar-refractivity contribution < 1.29 is 13.9 Å². The monoisotopic (exact) mass is 308 g/mol. The molecule has 21 heavy (non-hydrogen) atoms. The lowest BCUT2D eigenvalue weighted by Gasteiger charge is -2.24. The summed E-state index contributed by atoms with van der Waals surface area (Å²) >= 11 is -1.92. The number of aliphatic hydroxyl groups excluding tert-OH is 1. The van der Waals surface area contributed by atoms with E-state index in [0.717, 1.165) is 48.0 Å². The van der Waals surface area contributed by atoms with Gasteiger partial charge in [-0.25, -0.2) is 4.21 Å². The molecule has 0 amide bonds. The Morgan fingerprint density at radius 2 is 2.10 bits per heavy atom. The van der Waals surface area contributed by atoms with Gasteiger partial charge in [-0.1, -0.05) is 6.07 Å². The summed E-state index contributed by atoms with van der Waals surface area (Å²) in [7, 11) is 0. The molecule has 3 N–H and O–H groups in total. The minimum Gasteiger partial charge on any atom is -0.396 e. The van der Waals surface area contributed by atoms with Crippen molar-refractivity contribution in [2.45, 2.75) is 24.6 Å². The molecular weight excluding hydrogens is 288 g/mol. The summed E-state index contributed by atoms with van der Waals surface area (Å²) in [5, 5.41) is 9.69. The van der Waals surface area contributed by atoms with Crippen LogP contribution in [0.3, 0.4) is 0 Å². The topological polar surface area (TPSA) is 76.6 Å². The zero-order chi connectivity index (χ0) is 14.8. The van der Waals surface area contributed by atoms with Crippen LogP contribution in [-0.2, 0) is 17.5 Å². The predicted molar refractivity (Wildman–Crippen MR) is 83.4 cm³/mol. The lowest BCUT2D eigenvalue weighted by Crippen LogP contribution is -2.28. The molecule has 0 radical (unpaired) electrons. The third kappa shape index (κ3) is 2.89. The van der Waals surface area contributed by atoms with Gasteiger partial charge in [-0.2, -0.15) is 0 Å². The molecule has 1 aromatic carbocycles. The minimum absolute atomic E-state index is 0.0959. The summed E-state index contributed by atoms with van der Waals surface area (Å²) in [6, 6.07) is 5.84. The highest BCUT2D eigenvalue weighted by molar-refractivity contribution is 7.79. The van der Waals surface area contributed by atoms with Crippen LogP contribution in [0.1, 0.15) is 29.3 Å². The molecule has 2 atom stereocenters. The summed E-state index contributed by atoms with van der Waals surface area (Å²) < 4.78 is 21.5. The van der Waals surface area contributed by atoms with E-state index in [-0.39, 0.29) is 6.61 Å². The number of hydrogen-bond donors (Lipinski definition) is 3. The second-order valence-electron chi connectivity index (χ2n) is 5.46. The van der Waals surface area contributed by atoms with Gasteiger partial charge in [0.2, 0.25) is 0 Å². The first kappa shape index (κ1) is 14.7. The van der Waals surface area contributed by atoms with E-state index in [1.165, 1.54) is 0 Å². The van der Waals surface area contributed by atoms with E-state index < -0.39 is 16.5 Å². The second-order valence-corrected chi connectivity index (χ2v) is 6.46. The van der Waals surface area contributed by atoms with Gasteiger partial charge >= 0.3 is 0 Å². The number of aromatic nitrogens is 1. The average Bonchev–Trinajstić information content (AvgIpc) is 3.10. The van der Waals surface area contributed by atoms with E-state index in [4.69, 9.17) is 5.11 Å². The molecule has 1 aromatic heterocycles. The molecule has 0 spiro atoms. The molecule has 2 unspecified atom stereocenters. The zero-order valence-corrected chi connectivity index (χ0v) is 12.6. The highest BCUT2D eigenvalue weighted by atomic mass is 32.2. The number of likely N-dealkylation sites (tertiary alicyclic amines) is 1. The molecular formula is C15H20N2O3S. The van der Waals surface area contributed by atoms with E-state index >= 15 is 0 Å². The Morgan fingerprint density at radius 3 is 2.76 bits per heavy atom. The van der Waals surface area contributed by atoms with Crippen molar-refractivity contribution in [1.82, 2.24) is 9.88 Å². The molecule has 1 fully saturated rings. The van der Waals surface area contributed by atoms with Crippen molar-refractivity contribution >= 4 is 22.0 Å². The van der Waals surface area contributed by atoms with Crippen LogP contribution >= 0.6 is 0 Å². The van der Waals surface area contributed by atoms with Crippen LogP contribution in [-0.4, -0.2) is 43.4 Å². The highest BCUT2D eigenvalue weighted by Crippen LogP contribution is 2.30. The van der Waals surface area contributed by atoms with Crippen LogP contribution in [0.25, 0.3) is 10.9 Å². The number of nitrogens with zero attached hydrogens (tertiary/aromatic N) is 1. The summed E-state index contributed by atoms with van der Waals surface area (Å²) in [6.45, 7) is 1.83. The molecule has 0 saturated carbocycles. The van der Waals surface area contributed by atoms with Crippen molar-refractivity contribution in [3.63, 3.8) is 0 Å². The summed E-state index contributed by atoms with van der Waals surface area (Å²) in [5.74, 6) is 0. The number of benzene rings is 1. The van der Waals surface area contributed by atoms with Crippen molar-refractivity contribution in [3.8, 4) is 0 Å². The molecule has 3 rings (SSSR count). The first-order valence-electron chi connectivity index (χ1n) is 7.25. The van der Waals surface area contributed by atoms with Gasteiger partial charge in [0.05, 0.1) is 0 Å². The molecule has 2 heterocycles. The van der Waals surface area contributed by atoms with Crippen LogP contribution in [0.4, 0.5) is 0 Å². The summed E-state index contributed by atoms with van der Waals surface area (Å²) in [4.78, 5) is 5.25. The van der Waals surface area contributed by atoms with Gasteiger partial charge < -0.3 is 14.6 Å². The maximum absolute atomic E-state index is 11.8. The van der Waals surface area contributed by atoms with Gasteiger partial charge in [-0.3, -0.25) is 4.90 Å². The van der Waals surface area contributed by atoms with Gasteiger partial charge in [-0.15, -0.1) is 0 Å². The lowest BCUT2D eigenvalue weighted by atomic mass is 10.1. The van der Waals surface area contributed by atoms with Gasteiger partial charge in [-0.05, 0) is 55.6 Å². The maximum Gasteiger partial charge on any atom is 0.175 e. The van der Waals surface area contributed by atoms with Crippen molar-refractivity contribution in [1.29, 1.82) is 0 Å². The molecule has 2 aromatic rings. The van der Waals surface area contributed by atoms with Crippen LogP contribution in [0.15, 0.2) is 24.4 Å². The lowest BCUT2D eigenvalue weighted by molar-refractivity contribution is 0.300. The van der Waals surface area contributed by atoms with Crippen LogP contribution in [0.5, 0.6) is 0 Å². The average molecular weight is 308 g/mol. The Labute approximate surface area is 126 Å². The van der Waals surface area contributed by atoms with Crippen molar-refractivity contribution in [2.75, 3.05) is 19.7 Å². The molecule has 5 nitrogen and oxygen atoms in total. The van der Waals surface area contributed by atoms with E-state index in [0.29, 0.717) is 6.42 Å². The fourth-order valence-electron chi connectivity index (χ4n) is 3.11. The summed E-state index contributed by atoms with van der Waals surface area (Å²) in [6.07, 6.45) is 4.64. The number of aliphatic hydroxyl groups is 1. The zero-order valence-electron chi connectivity index (χ0n) is 11.8. The third-order valence-electron chi connectivity index (χ3n) is 4.12. The first-order valence-corrected chi connectivity index (χ1v) is 8.42. The Bertz CT molecular complexity index is 649. The van der Waals surface area contributed by atoms with E-state index in [1.54, 1.807) is 0 Å². The molecule has 6 heteroatoms. The Morgan fingerprint density at radius 1 is 1.33 bits per heavy atom. The van der Waals surface area contributed by atoms with Crippen molar-refractivity contribution in [2.24, 2.45) is 0 Å². The molecule has 0 bridgehead atoms. The minimum atomic E-state index is -1.92. The summed E-state index contributed by atoms with van der Waals surface area (Å²) in [5.41, 5.74) is 2.90. The quantitative estimate of drug-likeness (QED) is 0.739. The van der Waals surface area contributed by atoms with Crippen molar-refractivity contribution in [3.05, 3.63) is 35.5 Å². The Balaban J connectivity index is 2.00. The first-order chi connectivity index (χ1) is 10.2. The van der Waals surface area contributed by atoms with E-state index in [2.05, 4.69) is 9.88 Å². The number of rotatable bonds is 5. The number of hydrogen-bond acceptors (Lipinski definition) is 3. The molecule has 1 aliphatic heterocycles. The SMILES string of the molecule is O=S(O)C(c1ccc2[nH]cc(CCO)c2c1)N1CCCC1. The second kappa shape index (κ2) is 6.27. The number of nitrogens with one attached hydrogen (secondary N) is 1. The van der Waals surface area contributed by atoms with Gasteiger partial charge in [0.1, 0.15) is 5.37 Å². The van der Waals surface area contributed by atoms with E-state index in [1.807, 2.05) is 24.4 Å². The van der Waals surface area contributed by atoms with Gasteiger partial charge in [0, 0.05) is 23.7 Å². The van der Waals surface area contributed by atoms with Gasteiger partial charge in [0.25, 0.3) is 0 Å². The number of aromatic amines is 1. The van der Waals surface area contributed by atoms with Crippen LogP contribution < -0.4 is 0 Å². The molecule has 1 saturated heterocycles. The fraction of sp³-hybridized carbons (Fsp3) is 0.467. The molecule has 114 valence electrons. The van der Waals surface area contributed by atoms with Crippen LogP contribution in [0.2, 0.25) is 0 Å². The third-order valence-corrected chi connectivity index (χ3v) is 5.07.